The third-order valence-electron chi connectivity index (χ3n) is 2.55. The molecule has 0 aliphatic carbocycles. The quantitative estimate of drug-likeness (QED) is 0.395. The van der Waals surface area contributed by atoms with E-state index in [9.17, 15) is 19.2 Å². The summed E-state index contributed by atoms with van der Waals surface area (Å²) in [4.78, 5) is 48.8. The van der Waals surface area contributed by atoms with Gasteiger partial charge in [0, 0.05) is 12.8 Å². The number of aromatic nitrogens is 1. The van der Waals surface area contributed by atoms with Gasteiger partial charge in [0.1, 0.15) is 11.6 Å². The van der Waals surface area contributed by atoms with E-state index in [2.05, 4.69) is 10.4 Å². The van der Waals surface area contributed by atoms with Gasteiger partial charge < -0.3 is 16.0 Å². The molecule has 0 unspecified atom stereocenters. The lowest BCUT2D eigenvalue weighted by molar-refractivity contribution is -0.121. The molecule has 0 aromatic carbocycles. The van der Waals surface area contributed by atoms with Gasteiger partial charge in [-0.1, -0.05) is 0 Å². The monoisotopic (exact) mass is 307 g/mol. The van der Waals surface area contributed by atoms with Gasteiger partial charge in [0.2, 0.25) is 11.8 Å². The molecule has 0 atom stereocenters. The minimum absolute atomic E-state index is 0.00222. The highest BCUT2D eigenvalue weighted by Gasteiger charge is 2.34. The number of amides is 3. The van der Waals surface area contributed by atoms with Gasteiger partial charge in [-0.15, -0.1) is 0 Å². The third-order valence-corrected chi connectivity index (χ3v) is 2.55. The summed E-state index contributed by atoms with van der Waals surface area (Å²) < 4.78 is 0. The highest BCUT2D eigenvalue weighted by atomic mass is 16.2. The first-order valence-electron chi connectivity index (χ1n) is 6.38. The molecule has 22 heavy (non-hydrogen) atoms. The van der Waals surface area contributed by atoms with E-state index in [1.165, 1.54) is 26.0 Å². The highest BCUT2D eigenvalue weighted by Crippen LogP contribution is 2.25. The van der Waals surface area contributed by atoms with Gasteiger partial charge in [-0.25, -0.2) is 15.7 Å². The van der Waals surface area contributed by atoms with E-state index in [1.807, 2.05) is 0 Å². The first kappa shape index (κ1) is 17.2. The number of pyridine rings is 1. The Morgan fingerprint density at radius 3 is 2.09 bits per heavy atom. The lowest BCUT2D eigenvalue weighted by Gasteiger charge is -2.16. The van der Waals surface area contributed by atoms with Crippen LogP contribution in [0.1, 0.15) is 37.0 Å². The molecule has 2 heterocycles. The number of nitrogens with one attached hydrogen (secondary N) is 1. The summed E-state index contributed by atoms with van der Waals surface area (Å²) in [6.45, 7) is 3.06. The topological polar surface area (TPSA) is 148 Å². The van der Waals surface area contributed by atoms with Crippen LogP contribution in [0, 0.1) is 0 Å². The number of hydrogen-bond acceptors (Lipinski definition) is 7. The second-order valence-electron chi connectivity index (χ2n) is 4.61. The molecule has 1 aromatic rings. The zero-order valence-corrected chi connectivity index (χ0v) is 12.3. The number of rotatable bonds is 3. The summed E-state index contributed by atoms with van der Waals surface area (Å²) in [5.74, 6) is 3.91. The maximum atomic E-state index is 11.6. The number of anilines is 2. The molecule has 118 valence electrons. The fraction of sp³-hybridized carbons (Fsp3) is 0.308. The molecule has 0 bridgehead atoms. The molecular formula is C13H17N5O4. The summed E-state index contributed by atoms with van der Waals surface area (Å²) in [7, 11) is 0. The SMILES string of the molecule is CC(C)=O.NNc1ccc(C(N)=O)c(N2C(=O)CCC2=O)n1. The van der Waals surface area contributed by atoms with Gasteiger partial charge in [0.15, 0.2) is 5.82 Å². The summed E-state index contributed by atoms with van der Waals surface area (Å²) in [5.41, 5.74) is 7.46. The van der Waals surface area contributed by atoms with E-state index in [0.717, 1.165) is 4.90 Å². The molecule has 1 aromatic heterocycles. The molecule has 9 nitrogen and oxygen atoms in total. The Labute approximate surface area is 126 Å². The van der Waals surface area contributed by atoms with Gasteiger partial charge in [-0.2, -0.15) is 0 Å². The summed E-state index contributed by atoms with van der Waals surface area (Å²) >= 11 is 0. The average molecular weight is 307 g/mol. The molecule has 0 radical (unpaired) electrons. The standard InChI is InChI=1S/C10H11N5O3.C3H6O/c11-9(18)5-1-2-6(14-12)13-10(5)15-7(16)3-4-8(15)17;1-3(2)4/h1-2H,3-4,12H2,(H2,11,18)(H,13,14);1-2H3. The van der Waals surface area contributed by atoms with E-state index >= 15 is 0 Å². The summed E-state index contributed by atoms with van der Waals surface area (Å²) in [6.07, 6.45) is 0.192. The molecule has 3 amide bonds. The molecule has 1 saturated heterocycles. The van der Waals surface area contributed by atoms with Crippen LogP contribution in [0.5, 0.6) is 0 Å². The Morgan fingerprint density at radius 1 is 1.18 bits per heavy atom. The number of imide groups is 1. The molecule has 0 spiro atoms. The Hall–Kier alpha value is -2.81. The van der Waals surface area contributed by atoms with E-state index in [1.54, 1.807) is 0 Å². The fourth-order valence-corrected chi connectivity index (χ4v) is 1.70. The van der Waals surface area contributed by atoms with Crippen LogP contribution in [0.15, 0.2) is 12.1 Å². The molecular weight excluding hydrogens is 290 g/mol. The maximum absolute atomic E-state index is 11.6. The fourth-order valence-electron chi connectivity index (χ4n) is 1.70. The Kier molecular flexibility index (Phi) is 5.70. The van der Waals surface area contributed by atoms with Crippen LogP contribution in [0.2, 0.25) is 0 Å². The molecule has 1 aliphatic heterocycles. The van der Waals surface area contributed by atoms with Crippen LogP contribution < -0.4 is 21.9 Å². The number of Topliss-reactive ketones (excluding diaryl/α,β-unsaturated/α-hetero) is 1. The number of carbonyl (C=O) groups excluding carboxylic acids is 4. The Morgan fingerprint density at radius 2 is 1.68 bits per heavy atom. The van der Waals surface area contributed by atoms with E-state index in [0.29, 0.717) is 0 Å². The first-order valence-corrected chi connectivity index (χ1v) is 6.38. The van der Waals surface area contributed by atoms with Gasteiger partial charge in [0.05, 0.1) is 5.56 Å². The molecule has 5 N–H and O–H groups in total. The van der Waals surface area contributed by atoms with Gasteiger partial charge in [-0.3, -0.25) is 14.4 Å². The van der Waals surface area contributed by atoms with E-state index in [4.69, 9.17) is 11.6 Å². The maximum Gasteiger partial charge on any atom is 0.252 e. The van der Waals surface area contributed by atoms with Crippen molar-refractivity contribution in [3.05, 3.63) is 17.7 Å². The number of ketones is 1. The zero-order valence-electron chi connectivity index (χ0n) is 12.3. The highest BCUT2D eigenvalue weighted by molar-refractivity contribution is 6.21. The van der Waals surface area contributed by atoms with Crippen LogP contribution in [-0.4, -0.2) is 28.5 Å². The van der Waals surface area contributed by atoms with Crippen molar-refractivity contribution in [3.63, 3.8) is 0 Å². The molecule has 1 aliphatic rings. The van der Waals surface area contributed by atoms with Gasteiger partial charge in [-0.05, 0) is 26.0 Å². The van der Waals surface area contributed by atoms with Crippen LogP contribution in [0.3, 0.4) is 0 Å². The van der Waals surface area contributed by atoms with Gasteiger partial charge >= 0.3 is 0 Å². The van der Waals surface area contributed by atoms with Crippen molar-refractivity contribution < 1.29 is 19.2 Å². The van der Waals surface area contributed by atoms with Crippen molar-refractivity contribution in [1.82, 2.24) is 4.98 Å². The van der Waals surface area contributed by atoms with Crippen LogP contribution in [0.4, 0.5) is 11.6 Å². The predicted octanol–water partition coefficient (Wildman–Crippen LogP) is -0.285. The minimum atomic E-state index is -0.770. The van der Waals surface area contributed by atoms with Crippen molar-refractivity contribution in [3.8, 4) is 0 Å². The summed E-state index contributed by atoms with van der Waals surface area (Å²) in [6, 6.07) is 2.79. The van der Waals surface area contributed by atoms with Crippen molar-refractivity contribution in [2.45, 2.75) is 26.7 Å². The predicted molar refractivity (Wildman–Crippen MR) is 78.6 cm³/mol. The third kappa shape index (κ3) is 4.09. The number of nitrogens with two attached hydrogens (primary N) is 2. The van der Waals surface area contributed by atoms with E-state index in [-0.39, 0.29) is 35.8 Å². The van der Waals surface area contributed by atoms with Crippen LogP contribution in [-0.2, 0) is 14.4 Å². The second-order valence-corrected chi connectivity index (χ2v) is 4.61. The number of nitrogens with zero attached hydrogens (tertiary/aromatic N) is 2. The zero-order chi connectivity index (χ0) is 16.9. The summed E-state index contributed by atoms with van der Waals surface area (Å²) in [5, 5.41) is 0. The average Bonchev–Trinajstić information content (AvgIpc) is 2.76. The molecule has 1 fully saturated rings. The Bertz CT molecular complexity index is 609. The van der Waals surface area contributed by atoms with Crippen LogP contribution in [0.25, 0.3) is 0 Å². The lowest BCUT2D eigenvalue weighted by Crippen LogP contribution is -2.32. The second kappa shape index (κ2) is 7.27. The number of hydrazine groups is 1. The first-order chi connectivity index (χ1) is 10.3. The molecule has 9 heteroatoms. The number of nitrogen functional groups attached to an aromatic ring is 1. The molecule has 2 rings (SSSR count). The van der Waals surface area contributed by atoms with Crippen molar-refractivity contribution in [2.75, 3.05) is 10.3 Å². The van der Waals surface area contributed by atoms with Gasteiger partial charge in [0.25, 0.3) is 5.91 Å². The molecule has 0 saturated carbocycles. The smallest absolute Gasteiger partial charge is 0.252 e. The minimum Gasteiger partial charge on any atom is -0.365 e. The van der Waals surface area contributed by atoms with Crippen molar-refractivity contribution >= 4 is 35.1 Å². The number of primary amides is 1. The largest absolute Gasteiger partial charge is 0.365 e. The Balaban J connectivity index is 0.000000541. The van der Waals surface area contributed by atoms with E-state index < -0.39 is 17.7 Å². The van der Waals surface area contributed by atoms with Crippen molar-refractivity contribution in [1.29, 1.82) is 0 Å². The number of hydrogen-bond donors (Lipinski definition) is 3. The normalized spacial score (nSPS) is 13.5. The van der Waals surface area contributed by atoms with Crippen molar-refractivity contribution in [2.24, 2.45) is 11.6 Å². The van der Waals surface area contributed by atoms with Crippen LogP contribution >= 0.6 is 0 Å². The number of carbonyl (C=O) groups is 4. The lowest BCUT2D eigenvalue weighted by atomic mass is 10.2.